The molecule has 11 heteroatoms. The monoisotopic (exact) mass is 462 g/mol. The molecule has 1 aromatic carbocycles. The number of urea groups is 1. The molecule has 10 nitrogen and oxygen atoms in total. The molecule has 0 bridgehead atoms. The van der Waals surface area contributed by atoms with Crippen LogP contribution < -0.4 is 20.9 Å². The van der Waals surface area contributed by atoms with E-state index < -0.39 is 23.9 Å². The first-order valence-electron chi connectivity index (χ1n) is 10.4. The number of benzene rings is 1. The molecule has 0 saturated heterocycles. The van der Waals surface area contributed by atoms with Gasteiger partial charge in [0.25, 0.3) is 0 Å². The van der Waals surface area contributed by atoms with E-state index in [1.54, 1.807) is 6.92 Å². The van der Waals surface area contributed by atoms with E-state index in [1.165, 1.54) is 11.3 Å². The van der Waals surface area contributed by atoms with Crippen LogP contribution in [0, 0.1) is 5.92 Å². The van der Waals surface area contributed by atoms with Crippen molar-refractivity contribution in [2.24, 2.45) is 5.92 Å². The lowest BCUT2D eigenvalue weighted by Gasteiger charge is -2.23. The molecular weight excluding hydrogens is 432 g/mol. The number of hydrogen-bond donors (Lipinski definition) is 3. The summed E-state index contributed by atoms with van der Waals surface area (Å²) in [5, 5.41) is 17.0. The first-order valence-corrected chi connectivity index (χ1v) is 11.2. The van der Waals surface area contributed by atoms with E-state index in [1.807, 2.05) is 57.1 Å². The number of carbonyl (C=O) groups excluding carboxylic acids is 3. The van der Waals surface area contributed by atoms with Gasteiger partial charge >= 0.3 is 12.0 Å². The average Bonchev–Trinajstić information content (AvgIpc) is 3.24. The summed E-state index contributed by atoms with van der Waals surface area (Å²) in [6.45, 7) is 5.40. The van der Waals surface area contributed by atoms with Crippen LogP contribution in [-0.2, 0) is 14.3 Å². The van der Waals surface area contributed by atoms with Gasteiger partial charge in [0, 0.05) is 25.3 Å². The highest BCUT2D eigenvalue weighted by Gasteiger charge is 2.27. The number of ether oxygens (including phenoxy) is 1. The largest absolute Gasteiger partial charge is 0.465 e. The molecule has 0 aliphatic rings. The van der Waals surface area contributed by atoms with Crippen LogP contribution in [0.5, 0.6) is 0 Å². The maximum atomic E-state index is 12.8. The maximum Gasteiger partial charge on any atom is 0.325 e. The van der Waals surface area contributed by atoms with Gasteiger partial charge in [-0.2, -0.15) is 0 Å². The minimum absolute atomic E-state index is 0.144. The Balaban J connectivity index is 2.02. The summed E-state index contributed by atoms with van der Waals surface area (Å²) < 4.78 is 4.77. The summed E-state index contributed by atoms with van der Waals surface area (Å²) in [5.41, 5.74) is 1.96. The topological polar surface area (TPSA) is 126 Å². The third-order valence-corrected chi connectivity index (χ3v) is 5.65. The smallest absolute Gasteiger partial charge is 0.325 e. The van der Waals surface area contributed by atoms with Gasteiger partial charge in [0.05, 0.1) is 6.61 Å². The Kier molecular flexibility index (Phi) is 9.39. The molecule has 1 aromatic heterocycles. The second-order valence-electron chi connectivity index (χ2n) is 7.34. The molecule has 2 unspecified atom stereocenters. The van der Waals surface area contributed by atoms with Crippen molar-refractivity contribution in [2.45, 2.75) is 33.2 Å². The van der Waals surface area contributed by atoms with Crippen molar-refractivity contribution in [1.29, 1.82) is 0 Å². The zero-order valence-corrected chi connectivity index (χ0v) is 19.8. The minimum Gasteiger partial charge on any atom is -0.465 e. The predicted molar refractivity (Wildman–Crippen MR) is 125 cm³/mol. The zero-order valence-electron chi connectivity index (χ0n) is 19.0. The fourth-order valence-corrected chi connectivity index (χ4v) is 3.49. The van der Waals surface area contributed by atoms with Crippen molar-refractivity contribution in [3.05, 3.63) is 24.3 Å². The number of amides is 3. The van der Waals surface area contributed by atoms with E-state index in [-0.39, 0.29) is 19.1 Å². The molecule has 2 aromatic rings. The van der Waals surface area contributed by atoms with Crippen LogP contribution >= 0.6 is 11.3 Å². The summed E-state index contributed by atoms with van der Waals surface area (Å²) in [5.74, 6) is -1.10. The van der Waals surface area contributed by atoms with Crippen LogP contribution in [0.1, 0.15) is 27.2 Å². The molecule has 1 heterocycles. The lowest BCUT2D eigenvalue weighted by atomic mass is 9.98. The zero-order chi connectivity index (χ0) is 23.7. The third kappa shape index (κ3) is 7.19. The highest BCUT2D eigenvalue weighted by Crippen LogP contribution is 2.28. The van der Waals surface area contributed by atoms with Crippen molar-refractivity contribution in [1.82, 2.24) is 20.8 Å². The quantitative estimate of drug-likeness (QED) is 0.463. The molecule has 3 amide bonds. The Morgan fingerprint density at radius 2 is 1.81 bits per heavy atom. The first kappa shape index (κ1) is 25.1. The van der Waals surface area contributed by atoms with Crippen LogP contribution in [-0.4, -0.2) is 61.4 Å². The van der Waals surface area contributed by atoms with Gasteiger partial charge in [0.1, 0.15) is 17.6 Å². The van der Waals surface area contributed by atoms with Gasteiger partial charge < -0.3 is 20.3 Å². The van der Waals surface area contributed by atoms with Crippen LogP contribution in [0.3, 0.4) is 0 Å². The third-order valence-electron chi connectivity index (χ3n) is 4.77. The van der Waals surface area contributed by atoms with E-state index in [2.05, 4.69) is 26.1 Å². The number of carbonyl (C=O) groups is 3. The van der Waals surface area contributed by atoms with Crippen molar-refractivity contribution in [3.63, 3.8) is 0 Å². The van der Waals surface area contributed by atoms with E-state index in [0.29, 0.717) is 16.6 Å². The molecule has 2 atom stereocenters. The molecule has 0 aliphatic heterocycles. The number of hydrogen-bond acceptors (Lipinski definition) is 8. The number of nitrogens with zero attached hydrogens (tertiary/aromatic N) is 3. The van der Waals surface area contributed by atoms with Gasteiger partial charge in [-0.1, -0.05) is 31.6 Å². The maximum absolute atomic E-state index is 12.8. The van der Waals surface area contributed by atoms with Gasteiger partial charge in [-0.3, -0.25) is 14.9 Å². The van der Waals surface area contributed by atoms with E-state index in [9.17, 15) is 14.4 Å². The lowest BCUT2D eigenvalue weighted by Crippen LogP contribution is -2.51. The molecule has 0 aliphatic carbocycles. The van der Waals surface area contributed by atoms with Crippen LogP contribution in [0.2, 0.25) is 0 Å². The Labute approximate surface area is 191 Å². The van der Waals surface area contributed by atoms with Crippen molar-refractivity contribution in [3.8, 4) is 10.6 Å². The second kappa shape index (κ2) is 12.0. The molecule has 2 rings (SSSR count). The molecule has 0 saturated carbocycles. The summed E-state index contributed by atoms with van der Waals surface area (Å²) >= 11 is 1.25. The van der Waals surface area contributed by atoms with Crippen LogP contribution in [0.15, 0.2) is 24.3 Å². The van der Waals surface area contributed by atoms with Crippen LogP contribution in [0.4, 0.5) is 15.6 Å². The summed E-state index contributed by atoms with van der Waals surface area (Å²) in [6, 6.07) is 6.41. The fourth-order valence-electron chi connectivity index (χ4n) is 2.73. The summed E-state index contributed by atoms with van der Waals surface area (Å²) in [4.78, 5) is 38.4. The van der Waals surface area contributed by atoms with E-state index in [0.717, 1.165) is 11.3 Å². The van der Waals surface area contributed by atoms with Gasteiger partial charge in [-0.15, -0.1) is 10.2 Å². The molecule has 3 N–H and O–H groups in total. The summed E-state index contributed by atoms with van der Waals surface area (Å²) in [7, 11) is 3.93. The van der Waals surface area contributed by atoms with Gasteiger partial charge in [-0.05, 0) is 37.1 Å². The van der Waals surface area contributed by atoms with Gasteiger partial charge in [0.15, 0.2) is 0 Å². The van der Waals surface area contributed by atoms with E-state index >= 15 is 0 Å². The Bertz CT molecular complexity index is 915. The normalized spacial score (nSPS) is 12.4. The van der Waals surface area contributed by atoms with Gasteiger partial charge in [0.2, 0.25) is 11.0 Å². The minimum atomic E-state index is -0.811. The number of aromatic nitrogens is 2. The molecule has 32 heavy (non-hydrogen) atoms. The van der Waals surface area contributed by atoms with Gasteiger partial charge in [-0.25, -0.2) is 4.79 Å². The van der Waals surface area contributed by atoms with E-state index in [4.69, 9.17) is 4.74 Å². The van der Waals surface area contributed by atoms with Crippen molar-refractivity contribution in [2.75, 3.05) is 37.5 Å². The Morgan fingerprint density at radius 1 is 1.12 bits per heavy atom. The fraction of sp³-hybridized carbons (Fsp3) is 0.476. The Hall–Kier alpha value is -3.21. The SMILES string of the molecule is CCOC(=O)CNC(=O)NC(C(=O)Nc1nnc(-c2ccc(N(C)C)cc2)s1)C(C)CC. The number of anilines is 2. The second-order valence-corrected chi connectivity index (χ2v) is 8.32. The van der Waals surface area contributed by atoms with Crippen molar-refractivity contribution >= 4 is 40.1 Å². The number of nitrogens with one attached hydrogen (secondary N) is 3. The van der Waals surface area contributed by atoms with Crippen molar-refractivity contribution < 1.29 is 19.1 Å². The average molecular weight is 463 g/mol. The highest BCUT2D eigenvalue weighted by molar-refractivity contribution is 7.18. The lowest BCUT2D eigenvalue weighted by molar-refractivity contribution is -0.141. The molecule has 174 valence electrons. The molecular formula is C21H30N6O4S. The highest BCUT2D eigenvalue weighted by atomic mass is 32.1. The molecule has 0 fully saturated rings. The Morgan fingerprint density at radius 3 is 2.41 bits per heavy atom. The number of rotatable bonds is 10. The first-order chi connectivity index (χ1) is 15.2. The standard InChI is InChI=1S/C21H30N6O4S/c1-6-13(3)17(23-20(30)22-12-16(28)31-7-2)18(29)24-21-26-25-19(32-21)14-8-10-15(11-9-14)27(4)5/h8-11,13,17H,6-7,12H2,1-5H3,(H2,22,23,30)(H,24,26,29). The predicted octanol–water partition coefficient (Wildman–Crippen LogP) is 2.49. The molecule has 0 radical (unpaired) electrons. The van der Waals surface area contributed by atoms with Crippen LogP contribution in [0.25, 0.3) is 10.6 Å². The number of esters is 1. The molecule has 0 spiro atoms. The summed E-state index contributed by atoms with van der Waals surface area (Å²) in [6.07, 6.45) is 0.663.